The molecule has 5 heteroatoms. The van der Waals surface area contributed by atoms with Gasteiger partial charge in [-0.3, -0.25) is 14.9 Å². The predicted molar refractivity (Wildman–Crippen MR) is 74.1 cm³/mol. The van der Waals surface area contributed by atoms with E-state index < -0.39 is 4.92 Å². The van der Waals surface area contributed by atoms with Crippen molar-refractivity contribution in [1.29, 1.82) is 0 Å². The van der Waals surface area contributed by atoms with Crippen LogP contribution >= 0.6 is 0 Å². The average Bonchev–Trinajstić information content (AvgIpc) is 2.37. The fourth-order valence-corrected chi connectivity index (χ4v) is 1.78. The van der Waals surface area contributed by atoms with Crippen LogP contribution in [-0.2, 0) is 0 Å². The molecule has 0 fully saturated rings. The molecule has 0 atom stereocenters. The van der Waals surface area contributed by atoms with E-state index in [-0.39, 0.29) is 11.6 Å². The van der Waals surface area contributed by atoms with Crippen molar-refractivity contribution in [3.8, 4) is 0 Å². The van der Waals surface area contributed by atoms with Gasteiger partial charge in [-0.05, 0) is 13.0 Å². The van der Waals surface area contributed by atoms with Crippen LogP contribution in [0, 0.1) is 17.0 Å². The molecule has 1 amide bonds. The molecule has 1 aromatic carbocycles. The second kappa shape index (κ2) is 6.49. The molecule has 0 aliphatic carbocycles. The fourth-order valence-electron chi connectivity index (χ4n) is 1.78. The van der Waals surface area contributed by atoms with Crippen LogP contribution in [0.1, 0.15) is 15.9 Å². The van der Waals surface area contributed by atoms with Crippen molar-refractivity contribution in [2.24, 2.45) is 0 Å². The highest BCUT2D eigenvalue weighted by Crippen LogP contribution is 2.22. The van der Waals surface area contributed by atoms with Crippen molar-refractivity contribution in [1.82, 2.24) is 4.90 Å². The van der Waals surface area contributed by atoms with Crippen LogP contribution in [-0.4, -0.2) is 28.8 Å². The summed E-state index contributed by atoms with van der Waals surface area (Å²) >= 11 is 0. The molecule has 5 nitrogen and oxygen atoms in total. The minimum absolute atomic E-state index is 0.0528. The van der Waals surface area contributed by atoms with Crippen LogP contribution in [0.25, 0.3) is 0 Å². The number of benzene rings is 1. The lowest BCUT2D eigenvalue weighted by atomic mass is 10.1. The minimum Gasteiger partial charge on any atom is -0.331 e. The standard InChI is InChI=1S/C14H16N2O3/c1-4-9-15(10-5-2)14(17)12-7-6-8-13(11(12)3)16(18)19/h4-8H,1-2,9-10H2,3H3. The fraction of sp³-hybridized carbons (Fsp3) is 0.214. The highest BCUT2D eigenvalue weighted by atomic mass is 16.6. The third kappa shape index (κ3) is 3.28. The molecule has 0 N–H and O–H groups in total. The van der Waals surface area contributed by atoms with Gasteiger partial charge < -0.3 is 4.90 Å². The first-order valence-corrected chi connectivity index (χ1v) is 5.78. The Morgan fingerprint density at radius 3 is 2.42 bits per heavy atom. The first kappa shape index (κ1) is 14.6. The van der Waals surface area contributed by atoms with Crippen LogP contribution in [0.5, 0.6) is 0 Å². The molecule has 1 aromatic rings. The third-order valence-corrected chi connectivity index (χ3v) is 2.72. The summed E-state index contributed by atoms with van der Waals surface area (Å²) in [4.78, 5) is 24.2. The highest BCUT2D eigenvalue weighted by molar-refractivity contribution is 5.96. The monoisotopic (exact) mass is 260 g/mol. The Morgan fingerprint density at radius 2 is 1.95 bits per heavy atom. The van der Waals surface area contributed by atoms with E-state index in [0.29, 0.717) is 24.2 Å². The Balaban J connectivity index is 3.17. The van der Waals surface area contributed by atoms with Crippen molar-refractivity contribution in [2.75, 3.05) is 13.1 Å². The summed E-state index contributed by atoms with van der Waals surface area (Å²) in [6.45, 7) is 9.49. The van der Waals surface area contributed by atoms with Crippen molar-refractivity contribution < 1.29 is 9.72 Å². The van der Waals surface area contributed by atoms with Gasteiger partial charge in [0.1, 0.15) is 0 Å². The van der Waals surface area contributed by atoms with E-state index >= 15 is 0 Å². The van der Waals surface area contributed by atoms with Crippen LogP contribution in [0.2, 0.25) is 0 Å². The molecule has 0 radical (unpaired) electrons. The molecule has 0 unspecified atom stereocenters. The average molecular weight is 260 g/mol. The summed E-state index contributed by atoms with van der Waals surface area (Å²) in [5, 5.41) is 10.9. The van der Waals surface area contributed by atoms with Gasteiger partial charge in [-0.15, -0.1) is 13.2 Å². The zero-order valence-corrected chi connectivity index (χ0v) is 10.8. The van der Waals surface area contributed by atoms with E-state index in [0.717, 1.165) is 0 Å². The summed E-state index contributed by atoms with van der Waals surface area (Å²) < 4.78 is 0. The maximum atomic E-state index is 12.3. The van der Waals surface area contributed by atoms with Crippen molar-refractivity contribution in [2.45, 2.75) is 6.92 Å². The SMILES string of the molecule is C=CCN(CC=C)C(=O)c1cccc([N+](=O)[O-])c1C. The number of nitro groups is 1. The number of nitro benzene ring substituents is 1. The lowest BCUT2D eigenvalue weighted by molar-refractivity contribution is -0.385. The van der Waals surface area contributed by atoms with E-state index in [4.69, 9.17) is 0 Å². The maximum Gasteiger partial charge on any atom is 0.273 e. The molecule has 19 heavy (non-hydrogen) atoms. The first-order valence-electron chi connectivity index (χ1n) is 5.78. The van der Waals surface area contributed by atoms with E-state index in [9.17, 15) is 14.9 Å². The predicted octanol–water partition coefficient (Wildman–Crippen LogP) is 2.72. The number of amides is 1. The Bertz CT molecular complexity index is 513. The summed E-state index contributed by atoms with van der Waals surface area (Å²) in [6.07, 6.45) is 3.21. The van der Waals surface area contributed by atoms with E-state index in [1.54, 1.807) is 25.1 Å². The topological polar surface area (TPSA) is 63.5 Å². The zero-order chi connectivity index (χ0) is 14.4. The van der Waals surface area contributed by atoms with Gasteiger partial charge in [0.05, 0.1) is 4.92 Å². The van der Waals surface area contributed by atoms with Gasteiger partial charge in [-0.1, -0.05) is 18.2 Å². The van der Waals surface area contributed by atoms with E-state index in [1.807, 2.05) is 0 Å². The summed E-state index contributed by atoms with van der Waals surface area (Å²) in [6, 6.07) is 4.49. The van der Waals surface area contributed by atoms with Gasteiger partial charge in [0.2, 0.25) is 0 Å². The summed E-state index contributed by atoms with van der Waals surface area (Å²) in [5.41, 5.74) is 0.650. The smallest absolute Gasteiger partial charge is 0.273 e. The van der Waals surface area contributed by atoms with Gasteiger partial charge in [0.15, 0.2) is 0 Å². The summed E-state index contributed by atoms with van der Waals surface area (Å²) in [7, 11) is 0. The molecule has 100 valence electrons. The maximum absolute atomic E-state index is 12.3. The van der Waals surface area contributed by atoms with Crippen molar-refractivity contribution >= 4 is 11.6 Å². The second-order valence-corrected chi connectivity index (χ2v) is 3.99. The van der Waals surface area contributed by atoms with Crippen LogP contribution in [0.3, 0.4) is 0 Å². The van der Waals surface area contributed by atoms with Gasteiger partial charge in [-0.2, -0.15) is 0 Å². The number of rotatable bonds is 6. The molecule has 0 aromatic heterocycles. The number of nitrogens with zero attached hydrogens (tertiary/aromatic N) is 2. The van der Waals surface area contributed by atoms with Crippen LogP contribution in [0.4, 0.5) is 5.69 Å². The van der Waals surface area contributed by atoms with Gasteiger partial charge >= 0.3 is 0 Å². The third-order valence-electron chi connectivity index (χ3n) is 2.72. The minimum atomic E-state index is -0.489. The molecule has 0 spiro atoms. The Labute approximate surface area is 112 Å². The van der Waals surface area contributed by atoms with E-state index in [1.165, 1.54) is 17.0 Å². The van der Waals surface area contributed by atoms with Crippen molar-refractivity contribution in [3.63, 3.8) is 0 Å². The molecular formula is C14H16N2O3. The first-order chi connectivity index (χ1) is 9.02. The Morgan fingerprint density at radius 1 is 1.37 bits per heavy atom. The molecule has 0 aliphatic rings. The molecule has 0 saturated heterocycles. The molecule has 0 bridgehead atoms. The van der Waals surface area contributed by atoms with Crippen LogP contribution < -0.4 is 0 Å². The molecular weight excluding hydrogens is 244 g/mol. The number of hydrogen-bond acceptors (Lipinski definition) is 3. The molecule has 0 heterocycles. The van der Waals surface area contributed by atoms with Gasteiger partial charge in [-0.25, -0.2) is 0 Å². The highest BCUT2D eigenvalue weighted by Gasteiger charge is 2.21. The number of carbonyl (C=O) groups excluding carboxylic acids is 1. The van der Waals surface area contributed by atoms with Crippen molar-refractivity contribution in [3.05, 3.63) is 64.8 Å². The largest absolute Gasteiger partial charge is 0.331 e. The summed E-state index contributed by atoms with van der Waals surface area (Å²) in [5.74, 6) is -0.263. The van der Waals surface area contributed by atoms with Gasteiger partial charge in [0, 0.05) is 30.3 Å². The molecule has 0 aliphatic heterocycles. The van der Waals surface area contributed by atoms with E-state index in [2.05, 4.69) is 13.2 Å². The lowest BCUT2D eigenvalue weighted by Crippen LogP contribution is -2.31. The van der Waals surface area contributed by atoms with Gasteiger partial charge in [0.25, 0.3) is 11.6 Å². The second-order valence-electron chi connectivity index (χ2n) is 3.99. The molecule has 1 rings (SSSR count). The Kier molecular flexibility index (Phi) is 5.00. The lowest BCUT2D eigenvalue weighted by Gasteiger charge is -2.20. The number of hydrogen-bond donors (Lipinski definition) is 0. The Hall–Kier alpha value is -2.43. The quantitative estimate of drug-likeness (QED) is 0.449. The molecule has 0 saturated carbocycles. The normalized spacial score (nSPS) is 9.74. The van der Waals surface area contributed by atoms with Crippen LogP contribution in [0.15, 0.2) is 43.5 Å². The zero-order valence-electron chi connectivity index (χ0n) is 10.8. The number of carbonyl (C=O) groups is 1.